The van der Waals surface area contributed by atoms with Gasteiger partial charge in [-0.05, 0) is 12.0 Å². The van der Waals surface area contributed by atoms with Crippen LogP contribution in [0.1, 0.15) is 35.7 Å². The predicted molar refractivity (Wildman–Crippen MR) is 55.3 cm³/mol. The lowest BCUT2D eigenvalue weighted by Crippen LogP contribution is -2.09. The van der Waals surface area contributed by atoms with Crippen molar-refractivity contribution in [2.75, 3.05) is 0 Å². The number of nitrogens with two attached hydrogens (primary N) is 1. The number of primary amides is 1. The zero-order valence-corrected chi connectivity index (χ0v) is 9.10. The fourth-order valence-corrected chi connectivity index (χ4v) is 1.47. The highest BCUT2D eigenvalue weighted by atomic mass is 35.5. The molecule has 0 aliphatic heterocycles. The van der Waals surface area contributed by atoms with Crippen molar-refractivity contribution in [3.8, 4) is 0 Å². The first-order valence-corrected chi connectivity index (χ1v) is 5.05. The molecule has 0 radical (unpaired) electrons. The van der Waals surface area contributed by atoms with E-state index in [-0.39, 0.29) is 5.76 Å². The second-order valence-corrected chi connectivity index (χ2v) is 3.92. The summed E-state index contributed by atoms with van der Waals surface area (Å²) in [4.78, 5) is 10.9. The van der Waals surface area contributed by atoms with Crippen LogP contribution in [0.5, 0.6) is 0 Å². The Balaban J connectivity index is 2.96. The molecule has 1 rings (SSSR count). The molecule has 2 N–H and O–H groups in total. The van der Waals surface area contributed by atoms with Crippen molar-refractivity contribution in [1.82, 2.24) is 0 Å². The van der Waals surface area contributed by atoms with Crippen LogP contribution < -0.4 is 5.73 Å². The van der Waals surface area contributed by atoms with Gasteiger partial charge in [0, 0.05) is 12.0 Å². The highest BCUT2D eigenvalue weighted by molar-refractivity contribution is 6.17. The Bertz CT molecular complexity index is 331. The number of alkyl halides is 1. The van der Waals surface area contributed by atoms with E-state index in [1.165, 1.54) is 0 Å². The number of carbonyl (C=O) groups excluding carboxylic acids is 1. The largest absolute Gasteiger partial charge is 0.456 e. The Morgan fingerprint density at radius 3 is 2.71 bits per heavy atom. The maximum absolute atomic E-state index is 10.9. The summed E-state index contributed by atoms with van der Waals surface area (Å²) in [5, 5.41) is 0. The number of halogens is 1. The van der Waals surface area contributed by atoms with Crippen LogP contribution in [0.2, 0.25) is 0 Å². The van der Waals surface area contributed by atoms with Crippen LogP contribution in [0.3, 0.4) is 0 Å². The normalized spacial score (nSPS) is 10.9. The van der Waals surface area contributed by atoms with E-state index in [0.29, 0.717) is 11.8 Å². The molecule has 0 atom stereocenters. The minimum absolute atomic E-state index is 0.191. The summed E-state index contributed by atoms with van der Waals surface area (Å²) in [5.74, 6) is 1.22. The van der Waals surface area contributed by atoms with Gasteiger partial charge in [0.15, 0.2) is 5.76 Å². The van der Waals surface area contributed by atoms with E-state index in [9.17, 15) is 4.79 Å². The van der Waals surface area contributed by atoms with Crippen LogP contribution in [-0.4, -0.2) is 5.91 Å². The van der Waals surface area contributed by atoms with Gasteiger partial charge in [-0.15, -0.1) is 11.6 Å². The van der Waals surface area contributed by atoms with Crippen molar-refractivity contribution >= 4 is 17.5 Å². The summed E-state index contributed by atoms with van der Waals surface area (Å²) < 4.78 is 5.32. The maximum Gasteiger partial charge on any atom is 0.284 e. The monoisotopic (exact) mass is 215 g/mol. The van der Waals surface area contributed by atoms with Crippen LogP contribution >= 0.6 is 11.6 Å². The first-order chi connectivity index (χ1) is 6.54. The van der Waals surface area contributed by atoms with Crippen molar-refractivity contribution in [2.45, 2.75) is 26.1 Å². The first kappa shape index (κ1) is 11.1. The van der Waals surface area contributed by atoms with E-state index < -0.39 is 5.91 Å². The van der Waals surface area contributed by atoms with Crippen LogP contribution in [0, 0.1) is 5.92 Å². The van der Waals surface area contributed by atoms with Gasteiger partial charge in [-0.25, -0.2) is 0 Å². The fraction of sp³-hybridized carbons (Fsp3) is 0.500. The maximum atomic E-state index is 10.9. The van der Waals surface area contributed by atoms with E-state index in [1.807, 2.05) is 0 Å². The molecule has 0 aliphatic carbocycles. The second kappa shape index (κ2) is 4.51. The van der Waals surface area contributed by atoms with Gasteiger partial charge in [0.1, 0.15) is 5.76 Å². The van der Waals surface area contributed by atoms with Gasteiger partial charge in [-0.1, -0.05) is 13.8 Å². The molecule has 0 unspecified atom stereocenters. The van der Waals surface area contributed by atoms with Gasteiger partial charge in [0.25, 0.3) is 5.91 Å². The molecule has 1 aromatic rings. The Morgan fingerprint density at radius 1 is 1.64 bits per heavy atom. The molecule has 0 fully saturated rings. The number of rotatable bonds is 4. The molecule has 1 heterocycles. The molecule has 0 aromatic carbocycles. The van der Waals surface area contributed by atoms with Crippen molar-refractivity contribution in [3.05, 3.63) is 23.2 Å². The molecular weight excluding hydrogens is 202 g/mol. The van der Waals surface area contributed by atoms with Crippen LogP contribution in [-0.2, 0) is 12.3 Å². The number of hydrogen-bond donors (Lipinski definition) is 1. The van der Waals surface area contributed by atoms with Gasteiger partial charge in [-0.3, -0.25) is 4.79 Å². The van der Waals surface area contributed by atoms with Crippen molar-refractivity contribution < 1.29 is 9.21 Å². The Kier molecular flexibility index (Phi) is 3.58. The predicted octanol–water partition coefficient (Wildman–Crippen LogP) is 2.32. The van der Waals surface area contributed by atoms with Gasteiger partial charge in [0.2, 0.25) is 0 Å². The van der Waals surface area contributed by atoms with Crippen molar-refractivity contribution in [2.24, 2.45) is 11.7 Å². The third-order valence-corrected chi connectivity index (χ3v) is 2.17. The van der Waals surface area contributed by atoms with E-state index in [0.717, 1.165) is 17.7 Å². The molecule has 0 aliphatic rings. The molecule has 0 saturated heterocycles. The van der Waals surface area contributed by atoms with Gasteiger partial charge in [-0.2, -0.15) is 0 Å². The van der Waals surface area contributed by atoms with E-state index in [2.05, 4.69) is 13.8 Å². The molecule has 0 spiro atoms. The highest BCUT2D eigenvalue weighted by Crippen LogP contribution is 2.20. The molecule has 78 valence electrons. The summed E-state index contributed by atoms with van der Waals surface area (Å²) in [6.07, 6.45) is 0.773. The highest BCUT2D eigenvalue weighted by Gasteiger charge is 2.14. The lowest BCUT2D eigenvalue weighted by Gasteiger charge is -2.02. The smallest absolute Gasteiger partial charge is 0.284 e. The van der Waals surface area contributed by atoms with E-state index in [4.69, 9.17) is 21.8 Å². The lowest BCUT2D eigenvalue weighted by molar-refractivity contribution is 0.0972. The van der Waals surface area contributed by atoms with E-state index in [1.54, 1.807) is 6.07 Å². The average Bonchev–Trinajstić information content (AvgIpc) is 2.46. The summed E-state index contributed by atoms with van der Waals surface area (Å²) in [6.45, 7) is 4.15. The fourth-order valence-electron chi connectivity index (χ4n) is 1.24. The van der Waals surface area contributed by atoms with Gasteiger partial charge >= 0.3 is 0 Å². The molecule has 1 aromatic heterocycles. The number of carbonyl (C=O) groups is 1. The topological polar surface area (TPSA) is 56.2 Å². The van der Waals surface area contributed by atoms with E-state index >= 15 is 0 Å². The summed E-state index contributed by atoms with van der Waals surface area (Å²) >= 11 is 5.72. The average molecular weight is 216 g/mol. The SMILES string of the molecule is CC(C)Cc1oc(C(N)=O)cc1CCl. The summed E-state index contributed by atoms with van der Waals surface area (Å²) in [6, 6.07) is 1.62. The van der Waals surface area contributed by atoms with Crippen molar-refractivity contribution in [3.63, 3.8) is 0 Å². The third kappa shape index (κ3) is 2.51. The minimum atomic E-state index is -0.550. The van der Waals surface area contributed by atoms with Gasteiger partial charge in [0.05, 0.1) is 5.88 Å². The number of furan rings is 1. The zero-order valence-electron chi connectivity index (χ0n) is 8.34. The standard InChI is InChI=1S/C10H14ClNO2/c1-6(2)3-8-7(5-11)4-9(14-8)10(12)13/h4,6H,3,5H2,1-2H3,(H2,12,13). The Morgan fingerprint density at radius 2 is 2.29 bits per heavy atom. The second-order valence-electron chi connectivity index (χ2n) is 3.65. The molecule has 0 bridgehead atoms. The zero-order chi connectivity index (χ0) is 10.7. The van der Waals surface area contributed by atoms with Crippen LogP contribution in [0.15, 0.2) is 10.5 Å². The molecule has 0 saturated carbocycles. The number of amides is 1. The Hall–Kier alpha value is -0.960. The first-order valence-electron chi connectivity index (χ1n) is 4.52. The minimum Gasteiger partial charge on any atom is -0.456 e. The molecule has 14 heavy (non-hydrogen) atoms. The van der Waals surface area contributed by atoms with Crippen LogP contribution in [0.4, 0.5) is 0 Å². The quantitative estimate of drug-likeness (QED) is 0.784. The third-order valence-electron chi connectivity index (χ3n) is 1.88. The van der Waals surface area contributed by atoms with Crippen LogP contribution in [0.25, 0.3) is 0 Å². The molecule has 1 amide bonds. The lowest BCUT2D eigenvalue weighted by atomic mass is 10.1. The molecule has 3 nitrogen and oxygen atoms in total. The number of hydrogen-bond acceptors (Lipinski definition) is 2. The molecule has 4 heteroatoms. The molecular formula is C10H14ClNO2. The summed E-state index contributed by atoms with van der Waals surface area (Å²) in [5.41, 5.74) is 5.96. The Labute approximate surface area is 88.2 Å². The van der Waals surface area contributed by atoms with Crippen molar-refractivity contribution in [1.29, 1.82) is 0 Å². The van der Waals surface area contributed by atoms with Gasteiger partial charge < -0.3 is 10.2 Å². The summed E-state index contributed by atoms with van der Waals surface area (Å²) in [7, 11) is 0.